The van der Waals surface area contributed by atoms with Gasteiger partial charge in [0, 0.05) is 36.5 Å². The van der Waals surface area contributed by atoms with E-state index in [4.69, 9.17) is 11.6 Å². The molecule has 0 saturated heterocycles. The fraction of sp³-hybridized carbons (Fsp3) is 0.652. The average molecular weight is 473 g/mol. The Bertz CT molecular complexity index is 618. The molecule has 170 valence electrons. The van der Waals surface area contributed by atoms with Crippen molar-refractivity contribution in [1.82, 2.24) is 9.80 Å². The molecule has 0 aliphatic heterocycles. The molecule has 0 bridgehead atoms. The van der Waals surface area contributed by atoms with Crippen LogP contribution >= 0.6 is 35.1 Å². The number of benzene rings is 1. The number of rotatable bonds is 7. The van der Waals surface area contributed by atoms with Gasteiger partial charge < -0.3 is 9.80 Å². The summed E-state index contributed by atoms with van der Waals surface area (Å²) in [6.45, 7) is 10.5. The van der Waals surface area contributed by atoms with Crippen LogP contribution in [-0.2, 0) is 5.75 Å². The summed E-state index contributed by atoms with van der Waals surface area (Å²) in [6, 6.07) is 8.12. The zero-order valence-electron chi connectivity index (χ0n) is 18.9. The Morgan fingerprint density at radius 1 is 0.900 bits per heavy atom. The molecule has 0 atom stereocenters. The lowest BCUT2D eigenvalue weighted by Crippen LogP contribution is -2.39. The van der Waals surface area contributed by atoms with E-state index in [0.717, 1.165) is 36.0 Å². The summed E-state index contributed by atoms with van der Waals surface area (Å²) in [5, 5.41) is 1.14. The van der Waals surface area contributed by atoms with Crippen LogP contribution in [0.4, 0.5) is 9.59 Å². The molecule has 4 nitrogen and oxygen atoms in total. The third-order valence-electron chi connectivity index (χ3n) is 5.16. The summed E-state index contributed by atoms with van der Waals surface area (Å²) < 4.78 is 0. The van der Waals surface area contributed by atoms with Crippen molar-refractivity contribution in [1.29, 1.82) is 0 Å². The highest BCUT2D eigenvalue weighted by molar-refractivity contribution is 8.13. The predicted molar refractivity (Wildman–Crippen MR) is 134 cm³/mol. The van der Waals surface area contributed by atoms with E-state index < -0.39 is 0 Å². The van der Waals surface area contributed by atoms with Gasteiger partial charge in [0.05, 0.1) is 0 Å². The van der Waals surface area contributed by atoms with Crippen LogP contribution in [0.1, 0.15) is 65.4 Å². The Labute approximate surface area is 196 Å². The number of carbonyl (C=O) groups is 2. The van der Waals surface area contributed by atoms with Crippen molar-refractivity contribution >= 4 is 45.6 Å². The molecule has 0 radical (unpaired) electrons. The van der Waals surface area contributed by atoms with Gasteiger partial charge in [0.15, 0.2) is 0 Å². The first-order chi connectivity index (χ1) is 14.5. The zero-order valence-corrected chi connectivity index (χ0v) is 21.3. The Morgan fingerprint density at radius 3 is 2.00 bits per heavy atom. The van der Waals surface area contributed by atoms with Gasteiger partial charge in [0.2, 0.25) is 0 Å². The molecule has 1 fully saturated rings. The van der Waals surface area contributed by atoms with Crippen molar-refractivity contribution in [2.45, 2.75) is 71.6 Å². The first-order valence-electron chi connectivity index (χ1n) is 11.1. The van der Waals surface area contributed by atoms with Crippen LogP contribution in [0.5, 0.6) is 0 Å². The van der Waals surface area contributed by atoms with E-state index in [9.17, 15) is 9.59 Å². The van der Waals surface area contributed by atoms with Gasteiger partial charge in [0.25, 0.3) is 10.5 Å². The fourth-order valence-electron chi connectivity index (χ4n) is 3.43. The molecule has 0 unspecified atom stereocenters. The van der Waals surface area contributed by atoms with Gasteiger partial charge in [0.1, 0.15) is 0 Å². The Morgan fingerprint density at radius 2 is 1.50 bits per heavy atom. The third kappa shape index (κ3) is 9.97. The molecule has 0 N–H and O–H groups in total. The normalized spacial score (nSPS) is 13.9. The number of hydrogen-bond acceptors (Lipinski definition) is 4. The molecular weight excluding hydrogens is 436 g/mol. The third-order valence-corrected chi connectivity index (χ3v) is 7.16. The molecule has 1 aliphatic rings. The van der Waals surface area contributed by atoms with Gasteiger partial charge in [-0.2, -0.15) is 0 Å². The van der Waals surface area contributed by atoms with Gasteiger partial charge in [-0.15, -0.1) is 0 Å². The summed E-state index contributed by atoms with van der Waals surface area (Å²) in [5.41, 5.74) is 1.12. The molecular formula is C23H37ClN2O2S2. The Hall–Kier alpha value is -0.850. The highest BCUT2D eigenvalue weighted by atomic mass is 35.5. The molecule has 1 aromatic rings. The molecule has 2 rings (SSSR count). The van der Waals surface area contributed by atoms with Gasteiger partial charge in [-0.3, -0.25) is 9.59 Å². The maximum absolute atomic E-state index is 11.8. The predicted octanol–water partition coefficient (Wildman–Crippen LogP) is 7.55. The monoisotopic (exact) mass is 472 g/mol. The molecule has 0 heterocycles. The van der Waals surface area contributed by atoms with Crippen LogP contribution in [-0.4, -0.2) is 51.7 Å². The van der Waals surface area contributed by atoms with Crippen LogP contribution in [0.25, 0.3) is 0 Å². The van der Waals surface area contributed by atoms with E-state index >= 15 is 0 Å². The van der Waals surface area contributed by atoms with Crippen LogP contribution in [0.3, 0.4) is 0 Å². The van der Waals surface area contributed by atoms with Crippen molar-refractivity contribution in [2.75, 3.05) is 25.4 Å². The second-order valence-electron chi connectivity index (χ2n) is 7.13. The van der Waals surface area contributed by atoms with Gasteiger partial charge in [-0.25, -0.2) is 0 Å². The van der Waals surface area contributed by atoms with Crippen molar-refractivity contribution in [3.05, 3.63) is 34.9 Å². The van der Waals surface area contributed by atoms with Crippen molar-refractivity contribution < 1.29 is 9.59 Å². The maximum atomic E-state index is 11.8. The van der Waals surface area contributed by atoms with Crippen LogP contribution in [0.2, 0.25) is 5.02 Å². The molecule has 1 aliphatic carbocycles. The van der Waals surface area contributed by atoms with Gasteiger partial charge in [-0.05, 0) is 57.1 Å². The van der Waals surface area contributed by atoms with Gasteiger partial charge in [-0.1, -0.05) is 73.4 Å². The van der Waals surface area contributed by atoms with E-state index in [1.807, 2.05) is 49.9 Å². The summed E-state index contributed by atoms with van der Waals surface area (Å²) in [6.07, 6.45) is 6.37. The SMILES string of the molecule is CCN(CC)C(=O)SCc1ccc(Cl)cc1.CCSC(=O)N(CC)C1CCCCC1. The average Bonchev–Trinajstić information content (AvgIpc) is 2.76. The highest BCUT2D eigenvalue weighted by Gasteiger charge is 2.23. The summed E-state index contributed by atoms with van der Waals surface area (Å²) in [7, 11) is 0. The first kappa shape index (κ1) is 27.2. The van der Waals surface area contributed by atoms with E-state index in [0.29, 0.717) is 11.8 Å². The topological polar surface area (TPSA) is 40.6 Å². The summed E-state index contributed by atoms with van der Waals surface area (Å²) >= 11 is 8.57. The highest BCUT2D eigenvalue weighted by Crippen LogP contribution is 2.25. The van der Waals surface area contributed by atoms with Crippen LogP contribution < -0.4 is 0 Å². The van der Waals surface area contributed by atoms with Crippen LogP contribution in [0, 0.1) is 0 Å². The van der Waals surface area contributed by atoms with Crippen LogP contribution in [0.15, 0.2) is 24.3 Å². The summed E-state index contributed by atoms with van der Waals surface area (Å²) in [4.78, 5) is 27.4. The lowest BCUT2D eigenvalue weighted by Gasteiger charge is -2.33. The number of carbonyl (C=O) groups excluding carboxylic acids is 2. The largest absolute Gasteiger partial charge is 0.334 e. The Kier molecular flexibility index (Phi) is 14.4. The first-order valence-corrected chi connectivity index (χ1v) is 13.4. The van der Waals surface area contributed by atoms with E-state index in [1.54, 1.807) is 0 Å². The van der Waals surface area contributed by atoms with Gasteiger partial charge >= 0.3 is 0 Å². The second-order valence-corrected chi connectivity index (χ2v) is 9.71. The number of hydrogen-bond donors (Lipinski definition) is 0. The lowest BCUT2D eigenvalue weighted by molar-refractivity contribution is 0.182. The molecule has 30 heavy (non-hydrogen) atoms. The van der Waals surface area contributed by atoms with E-state index in [-0.39, 0.29) is 10.5 Å². The standard InChI is InChI=1S/C12H16ClNOS.C11H21NOS/c1-3-14(4-2)12(15)16-9-10-5-7-11(13)8-6-10;1-3-12(11(13)14-4-2)10-8-6-5-7-9-10/h5-8H,3-4,9H2,1-2H3;10H,3-9H2,1-2H3. The van der Waals surface area contributed by atoms with Crippen molar-refractivity contribution in [3.63, 3.8) is 0 Å². The number of nitrogens with zero attached hydrogens (tertiary/aromatic N) is 2. The molecule has 0 aromatic heterocycles. The Balaban J connectivity index is 0.000000303. The quantitative estimate of drug-likeness (QED) is 0.410. The minimum atomic E-state index is 0.139. The number of halogens is 1. The molecule has 1 saturated carbocycles. The molecule has 1 aromatic carbocycles. The van der Waals surface area contributed by atoms with E-state index in [1.165, 1.54) is 55.6 Å². The minimum absolute atomic E-state index is 0.139. The zero-order chi connectivity index (χ0) is 22.4. The lowest BCUT2D eigenvalue weighted by atomic mass is 9.94. The fourth-order valence-corrected chi connectivity index (χ4v) is 5.17. The molecule has 2 amide bonds. The maximum Gasteiger partial charge on any atom is 0.281 e. The number of amides is 2. The van der Waals surface area contributed by atoms with Crippen molar-refractivity contribution in [2.24, 2.45) is 0 Å². The second kappa shape index (κ2) is 15.9. The minimum Gasteiger partial charge on any atom is -0.334 e. The smallest absolute Gasteiger partial charge is 0.281 e. The summed E-state index contributed by atoms with van der Waals surface area (Å²) in [5.74, 6) is 1.59. The molecule has 7 heteroatoms. The van der Waals surface area contributed by atoms with Crippen molar-refractivity contribution in [3.8, 4) is 0 Å². The molecule has 0 spiro atoms. The van der Waals surface area contributed by atoms with E-state index in [2.05, 4.69) is 11.8 Å². The number of thioether (sulfide) groups is 2.